The van der Waals surface area contributed by atoms with E-state index < -0.39 is 21.7 Å². The predicted octanol–water partition coefficient (Wildman–Crippen LogP) is 1.20. The summed E-state index contributed by atoms with van der Waals surface area (Å²) in [5.74, 6) is -0.994. The summed E-state index contributed by atoms with van der Waals surface area (Å²) >= 11 is 0. The van der Waals surface area contributed by atoms with Crippen molar-refractivity contribution in [2.75, 3.05) is 31.3 Å². The smallest absolute Gasteiger partial charge is 0.239 e. The van der Waals surface area contributed by atoms with Crippen LogP contribution < -0.4 is 5.32 Å². The molecule has 1 N–H and O–H groups in total. The largest absolute Gasteiger partial charge is 0.377 e. The fourth-order valence-corrected chi connectivity index (χ4v) is 3.05. The van der Waals surface area contributed by atoms with E-state index in [2.05, 4.69) is 5.32 Å². The lowest BCUT2D eigenvalue weighted by atomic mass is 10.2. The van der Waals surface area contributed by atoms with Gasteiger partial charge in [-0.05, 0) is 31.0 Å². The predicted molar refractivity (Wildman–Crippen MR) is 80.4 cm³/mol. The normalized spacial score (nSPS) is 18.6. The zero-order valence-electron chi connectivity index (χ0n) is 12.3. The molecule has 2 rings (SSSR count). The van der Waals surface area contributed by atoms with Crippen LogP contribution in [0, 0.1) is 5.82 Å². The van der Waals surface area contributed by atoms with E-state index in [0.29, 0.717) is 6.61 Å². The zero-order valence-corrected chi connectivity index (χ0v) is 13.1. The van der Waals surface area contributed by atoms with Gasteiger partial charge in [-0.25, -0.2) is 12.8 Å². The molecule has 1 saturated heterocycles. The maximum atomic E-state index is 13.1. The van der Waals surface area contributed by atoms with Crippen LogP contribution in [0.4, 0.5) is 10.1 Å². The molecular weight excluding hydrogens is 311 g/mol. The number of benzene rings is 1. The van der Waals surface area contributed by atoms with Crippen molar-refractivity contribution < 1.29 is 22.3 Å². The van der Waals surface area contributed by atoms with E-state index in [1.165, 1.54) is 24.3 Å². The first-order chi connectivity index (χ1) is 10.3. The lowest BCUT2D eigenvalue weighted by Gasteiger charge is -2.22. The number of carbonyl (C=O) groups is 1. The molecule has 0 aliphatic carbocycles. The molecule has 1 aliphatic heterocycles. The Kier molecular flexibility index (Phi) is 5.49. The summed E-state index contributed by atoms with van der Waals surface area (Å²) < 4.78 is 43.1. The van der Waals surface area contributed by atoms with Crippen LogP contribution in [0.15, 0.2) is 24.3 Å². The van der Waals surface area contributed by atoms with Crippen LogP contribution in [0.25, 0.3) is 0 Å². The molecule has 1 unspecified atom stereocenters. The molecule has 122 valence electrons. The number of hydrogen-bond acceptors (Lipinski definition) is 4. The molecular formula is C14H19FN2O4S. The molecule has 1 aromatic carbocycles. The first-order valence-corrected chi connectivity index (χ1v) is 8.81. The van der Waals surface area contributed by atoms with E-state index >= 15 is 0 Å². The molecule has 1 aliphatic rings. The van der Waals surface area contributed by atoms with Crippen LogP contribution in [0.3, 0.4) is 0 Å². The monoisotopic (exact) mass is 330 g/mol. The highest BCUT2D eigenvalue weighted by Gasteiger charge is 2.26. The SMILES string of the molecule is CS(=O)(=O)N(CC(=O)Nc1cccc(F)c1)CC1CCCO1. The third-order valence-electron chi connectivity index (χ3n) is 3.33. The quantitative estimate of drug-likeness (QED) is 0.850. The average molecular weight is 330 g/mol. The number of nitrogens with zero attached hydrogens (tertiary/aromatic N) is 1. The number of ether oxygens (including phenoxy) is 1. The number of halogens is 1. The molecule has 22 heavy (non-hydrogen) atoms. The highest BCUT2D eigenvalue weighted by molar-refractivity contribution is 7.88. The van der Waals surface area contributed by atoms with Gasteiger partial charge >= 0.3 is 0 Å². The van der Waals surface area contributed by atoms with E-state index in [1.54, 1.807) is 0 Å². The van der Waals surface area contributed by atoms with Gasteiger partial charge in [0.05, 0.1) is 18.9 Å². The van der Waals surface area contributed by atoms with Gasteiger partial charge in [0.15, 0.2) is 0 Å². The van der Waals surface area contributed by atoms with Crippen molar-refractivity contribution in [1.82, 2.24) is 4.31 Å². The van der Waals surface area contributed by atoms with Crippen LogP contribution in [0.2, 0.25) is 0 Å². The Hall–Kier alpha value is -1.51. The third-order valence-corrected chi connectivity index (χ3v) is 4.54. The maximum Gasteiger partial charge on any atom is 0.239 e. The summed E-state index contributed by atoms with van der Waals surface area (Å²) in [5.41, 5.74) is 0.288. The fourth-order valence-electron chi connectivity index (χ4n) is 2.26. The molecule has 1 aromatic rings. The van der Waals surface area contributed by atoms with Crippen molar-refractivity contribution in [3.8, 4) is 0 Å². The first kappa shape index (κ1) is 16.9. The fraction of sp³-hybridized carbons (Fsp3) is 0.500. The van der Waals surface area contributed by atoms with Crippen molar-refractivity contribution in [1.29, 1.82) is 0 Å². The zero-order chi connectivity index (χ0) is 16.2. The number of amides is 1. The Morgan fingerprint density at radius 3 is 2.86 bits per heavy atom. The number of anilines is 1. The number of sulfonamides is 1. The number of hydrogen-bond donors (Lipinski definition) is 1. The van der Waals surface area contributed by atoms with Gasteiger partial charge in [-0.15, -0.1) is 0 Å². The van der Waals surface area contributed by atoms with Crippen LogP contribution in [0.1, 0.15) is 12.8 Å². The molecule has 1 heterocycles. The Morgan fingerprint density at radius 2 is 2.27 bits per heavy atom. The van der Waals surface area contributed by atoms with Crippen LogP contribution in [-0.4, -0.2) is 50.7 Å². The van der Waals surface area contributed by atoms with Gasteiger partial charge in [0, 0.05) is 18.8 Å². The second-order valence-corrected chi connectivity index (χ2v) is 7.23. The van der Waals surface area contributed by atoms with Gasteiger partial charge in [0.25, 0.3) is 0 Å². The number of nitrogens with one attached hydrogen (secondary N) is 1. The summed E-state index contributed by atoms with van der Waals surface area (Å²) in [4.78, 5) is 12.0. The summed E-state index contributed by atoms with van der Waals surface area (Å²) in [7, 11) is -3.53. The summed E-state index contributed by atoms with van der Waals surface area (Å²) in [6.45, 7) is 0.433. The number of carbonyl (C=O) groups excluding carboxylic acids is 1. The Balaban J connectivity index is 1.98. The lowest BCUT2D eigenvalue weighted by molar-refractivity contribution is -0.116. The van der Waals surface area contributed by atoms with Crippen LogP contribution in [0.5, 0.6) is 0 Å². The minimum Gasteiger partial charge on any atom is -0.377 e. The Labute approximate surface area is 129 Å². The highest BCUT2D eigenvalue weighted by atomic mass is 32.2. The van der Waals surface area contributed by atoms with Gasteiger partial charge in [-0.3, -0.25) is 4.79 Å². The van der Waals surface area contributed by atoms with E-state index in [4.69, 9.17) is 4.74 Å². The molecule has 1 amide bonds. The first-order valence-electron chi connectivity index (χ1n) is 6.97. The van der Waals surface area contributed by atoms with Crippen LogP contribution in [-0.2, 0) is 19.6 Å². The van der Waals surface area contributed by atoms with Crippen molar-refractivity contribution in [3.63, 3.8) is 0 Å². The van der Waals surface area contributed by atoms with E-state index in [0.717, 1.165) is 23.4 Å². The molecule has 0 saturated carbocycles. The summed E-state index contributed by atoms with van der Waals surface area (Å²) in [6, 6.07) is 5.43. The summed E-state index contributed by atoms with van der Waals surface area (Å²) in [6.07, 6.45) is 2.53. The van der Waals surface area contributed by atoms with Gasteiger partial charge in [-0.1, -0.05) is 6.07 Å². The minimum atomic E-state index is -3.53. The molecule has 0 bridgehead atoms. The molecule has 0 aromatic heterocycles. The molecule has 1 atom stereocenters. The van der Waals surface area contributed by atoms with Gasteiger partial charge < -0.3 is 10.1 Å². The van der Waals surface area contributed by atoms with Gasteiger partial charge in [-0.2, -0.15) is 4.31 Å². The van der Waals surface area contributed by atoms with Crippen molar-refractivity contribution in [2.45, 2.75) is 18.9 Å². The molecule has 8 heteroatoms. The Bertz CT molecular complexity index is 629. The van der Waals surface area contributed by atoms with Crippen molar-refractivity contribution in [2.24, 2.45) is 0 Å². The highest BCUT2D eigenvalue weighted by Crippen LogP contribution is 2.15. The maximum absolute atomic E-state index is 13.1. The van der Waals surface area contributed by atoms with Gasteiger partial charge in [0.2, 0.25) is 15.9 Å². The van der Waals surface area contributed by atoms with Crippen molar-refractivity contribution >= 4 is 21.6 Å². The van der Waals surface area contributed by atoms with Gasteiger partial charge in [0.1, 0.15) is 5.82 Å². The number of rotatable bonds is 6. The topological polar surface area (TPSA) is 75.7 Å². The second-order valence-electron chi connectivity index (χ2n) is 5.25. The lowest BCUT2D eigenvalue weighted by Crippen LogP contribution is -2.41. The Morgan fingerprint density at radius 1 is 1.50 bits per heavy atom. The second kappa shape index (κ2) is 7.17. The van der Waals surface area contributed by atoms with E-state index in [-0.39, 0.29) is 24.9 Å². The van der Waals surface area contributed by atoms with Crippen molar-refractivity contribution in [3.05, 3.63) is 30.1 Å². The molecule has 0 spiro atoms. The minimum absolute atomic E-state index is 0.148. The molecule has 0 radical (unpaired) electrons. The standard InChI is InChI=1S/C14H19FN2O4S/c1-22(19,20)17(9-13-6-3-7-21-13)10-14(18)16-12-5-2-4-11(15)8-12/h2,4-5,8,13H,3,6-7,9-10H2,1H3,(H,16,18). The third kappa shape index (κ3) is 5.04. The molecule has 1 fully saturated rings. The molecule has 6 nitrogen and oxygen atoms in total. The van der Waals surface area contributed by atoms with Crippen LogP contribution >= 0.6 is 0 Å². The van der Waals surface area contributed by atoms with E-state index in [9.17, 15) is 17.6 Å². The summed E-state index contributed by atoms with van der Waals surface area (Å²) in [5, 5.41) is 2.48. The average Bonchev–Trinajstić information content (AvgIpc) is 2.89. The van der Waals surface area contributed by atoms with E-state index in [1.807, 2.05) is 0 Å².